The molecule has 104 valence electrons. The second-order valence-electron chi connectivity index (χ2n) is 4.05. The Morgan fingerprint density at radius 1 is 1.10 bits per heavy atom. The van der Waals surface area contributed by atoms with E-state index in [-0.39, 0.29) is 10.6 Å². The Balaban J connectivity index is 2.24. The minimum atomic E-state index is -1.85. The molecule has 0 bridgehead atoms. The third-order valence-corrected chi connectivity index (χ3v) is 4.01. The molecule has 4 nitrogen and oxygen atoms in total. The Labute approximate surface area is 115 Å². The SMILES string of the molecule is [O-][NH+](O)c1c(F)c(F)c2c(c1F)Nc1ccccc1S2. The highest BCUT2D eigenvalue weighted by Gasteiger charge is 2.32. The topological polar surface area (TPSA) is 59.8 Å². The van der Waals surface area contributed by atoms with E-state index in [1.807, 2.05) is 0 Å². The molecule has 2 aromatic rings. The van der Waals surface area contributed by atoms with Gasteiger partial charge in [0.15, 0.2) is 5.82 Å². The van der Waals surface area contributed by atoms with Crippen molar-refractivity contribution in [3.05, 3.63) is 46.9 Å². The van der Waals surface area contributed by atoms with Crippen LogP contribution >= 0.6 is 11.8 Å². The molecule has 1 atom stereocenters. The van der Waals surface area contributed by atoms with Crippen LogP contribution in [0.2, 0.25) is 0 Å². The van der Waals surface area contributed by atoms with Crippen molar-refractivity contribution in [1.82, 2.24) is 0 Å². The van der Waals surface area contributed by atoms with Crippen LogP contribution in [0.4, 0.5) is 30.2 Å². The van der Waals surface area contributed by atoms with Crippen LogP contribution in [0, 0.1) is 22.7 Å². The van der Waals surface area contributed by atoms with Crippen LogP contribution in [0.25, 0.3) is 0 Å². The number of quaternary nitrogens is 1. The third kappa shape index (κ3) is 1.85. The lowest BCUT2D eigenvalue weighted by Crippen LogP contribution is -2.99. The van der Waals surface area contributed by atoms with Crippen LogP contribution in [-0.4, -0.2) is 5.21 Å². The van der Waals surface area contributed by atoms with E-state index in [1.54, 1.807) is 24.3 Å². The largest absolute Gasteiger partial charge is 0.595 e. The average Bonchev–Trinajstić information content (AvgIpc) is 2.43. The maximum absolute atomic E-state index is 14.1. The monoisotopic (exact) mass is 300 g/mol. The summed E-state index contributed by atoms with van der Waals surface area (Å²) in [7, 11) is 0. The fraction of sp³-hybridized carbons (Fsp3) is 0. The number of halogens is 3. The van der Waals surface area contributed by atoms with Gasteiger partial charge in [0.05, 0.1) is 16.3 Å². The van der Waals surface area contributed by atoms with Gasteiger partial charge in [0.25, 0.3) is 0 Å². The summed E-state index contributed by atoms with van der Waals surface area (Å²) in [6.45, 7) is 0. The Kier molecular flexibility index (Phi) is 3.09. The molecule has 3 N–H and O–H groups in total. The summed E-state index contributed by atoms with van der Waals surface area (Å²) in [5, 5.41) is 20.4. The van der Waals surface area contributed by atoms with Gasteiger partial charge in [0.2, 0.25) is 17.3 Å². The fourth-order valence-electron chi connectivity index (χ4n) is 1.94. The molecule has 1 aliphatic rings. The zero-order valence-electron chi connectivity index (χ0n) is 9.71. The van der Waals surface area contributed by atoms with E-state index >= 15 is 0 Å². The Bertz CT molecular complexity index is 710. The van der Waals surface area contributed by atoms with Crippen LogP contribution < -0.4 is 10.5 Å². The maximum atomic E-state index is 14.1. The Hall–Kier alpha value is -1.74. The lowest BCUT2D eigenvalue weighted by molar-refractivity contribution is -0.993. The van der Waals surface area contributed by atoms with Gasteiger partial charge in [-0.1, -0.05) is 23.9 Å². The van der Waals surface area contributed by atoms with Crippen molar-refractivity contribution in [1.29, 1.82) is 0 Å². The van der Waals surface area contributed by atoms with Crippen molar-refractivity contribution in [3.8, 4) is 0 Å². The van der Waals surface area contributed by atoms with Crippen molar-refractivity contribution >= 4 is 28.8 Å². The fourth-order valence-corrected chi connectivity index (χ4v) is 2.96. The van der Waals surface area contributed by atoms with Gasteiger partial charge >= 0.3 is 0 Å². The second kappa shape index (κ2) is 4.67. The molecule has 8 heteroatoms. The molecular weight excluding hydrogens is 293 g/mol. The van der Waals surface area contributed by atoms with Crippen LogP contribution in [0.5, 0.6) is 0 Å². The molecule has 0 aromatic heterocycles. The zero-order chi connectivity index (χ0) is 14.4. The third-order valence-electron chi connectivity index (χ3n) is 2.85. The van der Waals surface area contributed by atoms with E-state index in [1.165, 1.54) is 0 Å². The summed E-state index contributed by atoms with van der Waals surface area (Å²) in [6, 6.07) is 6.69. The number of fused-ring (bicyclic) bond motifs is 2. The molecule has 1 heterocycles. The first kappa shape index (κ1) is 13.3. The van der Waals surface area contributed by atoms with Gasteiger partial charge in [-0.25, -0.2) is 9.60 Å². The van der Waals surface area contributed by atoms with Gasteiger partial charge in [-0.2, -0.15) is 14.0 Å². The molecule has 0 spiro atoms. The number of hydrogen-bond donors (Lipinski definition) is 3. The van der Waals surface area contributed by atoms with Crippen LogP contribution in [0.1, 0.15) is 0 Å². The first-order valence-electron chi connectivity index (χ1n) is 5.48. The molecular formula is C12H7F3N2O2S. The summed E-state index contributed by atoms with van der Waals surface area (Å²) in [5.41, 5.74) is -1.15. The van der Waals surface area contributed by atoms with Crippen LogP contribution in [0.15, 0.2) is 34.1 Å². The summed E-state index contributed by atoms with van der Waals surface area (Å²) in [6.07, 6.45) is 0. The van der Waals surface area contributed by atoms with E-state index in [2.05, 4.69) is 5.32 Å². The van der Waals surface area contributed by atoms with Crippen molar-refractivity contribution < 1.29 is 23.6 Å². The number of para-hydroxylation sites is 1. The standard InChI is InChI=1S/C12H7F3N2O2S/c13-7-8(14)12-10(9(15)11(7)17(18)19)16-5-3-1-2-4-6(5)20-12/h1-4,16-18H. The molecule has 1 unspecified atom stereocenters. The van der Waals surface area contributed by atoms with Gasteiger partial charge in [0.1, 0.15) is 0 Å². The molecule has 2 aromatic carbocycles. The van der Waals surface area contributed by atoms with Gasteiger partial charge in [-0.15, -0.1) is 0 Å². The van der Waals surface area contributed by atoms with Crippen molar-refractivity contribution in [2.24, 2.45) is 0 Å². The molecule has 0 saturated carbocycles. The number of benzene rings is 2. The molecule has 0 fully saturated rings. The van der Waals surface area contributed by atoms with Gasteiger partial charge < -0.3 is 10.5 Å². The van der Waals surface area contributed by atoms with E-state index in [9.17, 15) is 18.4 Å². The van der Waals surface area contributed by atoms with Crippen molar-refractivity contribution in [2.45, 2.75) is 9.79 Å². The molecule has 0 amide bonds. The number of rotatable bonds is 1. The molecule has 1 aliphatic heterocycles. The average molecular weight is 300 g/mol. The normalized spacial score (nSPS) is 14.2. The van der Waals surface area contributed by atoms with E-state index < -0.39 is 28.4 Å². The Morgan fingerprint density at radius 3 is 2.50 bits per heavy atom. The van der Waals surface area contributed by atoms with Gasteiger partial charge in [-0.3, -0.25) is 0 Å². The number of anilines is 2. The highest BCUT2D eigenvalue weighted by atomic mass is 32.2. The first-order chi connectivity index (χ1) is 9.50. The molecule has 0 aliphatic carbocycles. The second-order valence-corrected chi connectivity index (χ2v) is 5.10. The van der Waals surface area contributed by atoms with E-state index in [4.69, 9.17) is 5.21 Å². The highest BCUT2D eigenvalue weighted by Crippen LogP contribution is 2.48. The lowest BCUT2D eigenvalue weighted by Gasteiger charge is -2.24. The molecule has 20 heavy (non-hydrogen) atoms. The minimum Gasteiger partial charge on any atom is -0.595 e. The maximum Gasteiger partial charge on any atom is 0.241 e. The van der Waals surface area contributed by atoms with E-state index in [0.717, 1.165) is 11.8 Å². The van der Waals surface area contributed by atoms with Crippen molar-refractivity contribution in [3.63, 3.8) is 0 Å². The number of nitrogens with one attached hydrogen (secondary N) is 2. The molecule has 0 saturated heterocycles. The van der Waals surface area contributed by atoms with E-state index in [0.29, 0.717) is 10.6 Å². The van der Waals surface area contributed by atoms with Gasteiger partial charge in [-0.05, 0) is 12.1 Å². The zero-order valence-corrected chi connectivity index (χ0v) is 10.5. The first-order valence-corrected chi connectivity index (χ1v) is 6.30. The number of hydrogen-bond acceptors (Lipinski definition) is 4. The Morgan fingerprint density at radius 2 is 1.80 bits per heavy atom. The highest BCUT2D eigenvalue weighted by molar-refractivity contribution is 7.99. The molecule has 3 rings (SSSR count). The van der Waals surface area contributed by atoms with Gasteiger partial charge in [0, 0.05) is 4.90 Å². The lowest BCUT2D eigenvalue weighted by atomic mass is 10.2. The van der Waals surface area contributed by atoms with Crippen LogP contribution in [0.3, 0.4) is 0 Å². The predicted octanol–water partition coefficient (Wildman–Crippen LogP) is 2.72. The minimum absolute atomic E-state index is 0.288. The summed E-state index contributed by atoms with van der Waals surface area (Å²) >= 11 is 0.847. The smallest absolute Gasteiger partial charge is 0.241 e. The predicted molar refractivity (Wildman–Crippen MR) is 65.9 cm³/mol. The van der Waals surface area contributed by atoms with Crippen molar-refractivity contribution in [2.75, 3.05) is 5.32 Å². The summed E-state index contributed by atoms with van der Waals surface area (Å²) in [4.78, 5) is 0.310. The quantitative estimate of drug-likeness (QED) is 0.478. The van der Waals surface area contributed by atoms with Crippen LogP contribution in [-0.2, 0) is 0 Å². The molecule has 0 radical (unpaired) electrons. The summed E-state index contributed by atoms with van der Waals surface area (Å²) < 4.78 is 41.6. The summed E-state index contributed by atoms with van der Waals surface area (Å²) in [5.74, 6) is -4.37.